The van der Waals surface area contributed by atoms with Gasteiger partial charge in [0.25, 0.3) is 0 Å². The van der Waals surface area contributed by atoms with Gasteiger partial charge in [0.1, 0.15) is 0 Å². The molecule has 21 heavy (non-hydrogen) atoms. The molecule has 0 aliphatic carbocycles. The summed E-state index contributed by atoms with van der Waals surface area (Å²) in [7, 11) is -3.89. The summed E-state index contributed by atoms with van der Waals surface area (Å²) < 4.78 is 27.6. The van der Waals surface area contributed by atoms with Crippen LogP contribution in [0.3, 0.4) is 0 Å². The SMILES string of the molecule is C#CC(CCC)NS(=O)(=O)c1cc(C(=O)O)cc(Br)c1C. The largest absolute Gasteiger partial charge is 0.478 e. The fourth-order valence-electron chi connectivity index (χ4n) is 1.77. The molecule has 1 rings (SSSR count). The second-order valence-electron chi connectivity index (χ2n) is 4.52. The number of sulfonamides is 1. The number of carbonyl (C=O) groups is 1. The predicted octanol–water partition coefficient (Wildman–Crippen LogP) is 2.54. The van der Waals surface area contributed by atoms with Crippen LogP contribution in [-0.4, -0.2) is 25.5 Å². The number of benzene rings is 1. The molecular weight excluding hydrogens is 358 g/mol. The van der Waals surface area contributed by atoms with Gasteiger partial charge < -0.3 is 5.11 Å². The lowest BCUT2D eigenvalue weighted by Crippen LogP contribution is -2.34. The van der Waals surface area contributed by atoms with E-state index in [9.17, 15) is 13.2 Å². The average Bonchev–Trinajstić information content (AvgIpc) is 2.40. The fourth-order valence-corrected chi connectivity index (χ4v) is 3.85. The molecular formula is C14H16BrNO4S. The highest BCUT2D eigenvalue weighted by atomic mass is 79.9. The van der Waals surface area contributed by atoms with Crippen LogP contribution >= 0.6 is 15.9 Å². The summed E-state index contributed by atoms with van der Waals surface area (Å²) in [5.74, 6) is 1.18. The molecule has 0 heterocycles. The first-order valence-electron chi connectivity index (χ1n) is 6.24. The first kappa shape index (κ1) is 17.7. The van der Waals surface area contributed by atoms with E-state index in [1.807, 2.05) is 6.92 Å². The van der Waals surface area contributed by atoms with Gasteiger partial charge in [-0.15, -0.1) is 6.42 Å². The molecule has 0 amide bonds. The molecule has 1 atom stereocenters. The van der Waals surface area contributed by atoms with Gasteiger partial charge >= 0.3 is 5.97 Å². The van der Waals surface area contributed by atoms with E-state index in [2.05, 4.69) is 26.6 Å². The normalized spacial score (nSPS) is 12.7. The topological polar surface area (TPSA) is 83.5 Å². The number of carboxylic acid groups (broad SMARTS) is 1. The Morgan fingerprint density at radius 3 is 2.62 bits per heavy atom. The second kappa shape index (κ2) is 7.07. The summed E-state index contributed by atoms with van der Waals surface area (Å²) in [6.45, 7) is 3.49. The van der Waals surface area contributed by atoms with Crippen LogP contribution in [0.4, 0.5) is 0 Å². The van der Waals surface area contributed by atoms with Gasteiger partial charge in [-0.3, -0.25) is 0 Å². The molecule has 0 aromatic heterocycles. The van der Waals surface area contributed by atoms with Crippen LogP contribution in [0, 0.1) is 19.3 Å². The Morgan fingerprint density at radius 2 is 2.14 bits per heavy atom. The molecule has 1 unspecified atom stereocenters. The van der Waals surface area contributed by atoms with E-state index in [-0.39, 0.29) is 10.5 Å². The Kier molecular flexibility index (Phi) is 5.96. The zero-order valence-electron chi connectivity index (χ0n) is 11.7. The number of hydrogen-bond donors (Lipinski definition) is 2. The van der Waals surface area contributed by atoms with Gasteiger partial charge in [0.2, 0.25) is 10.0 Å². The zero-order valence-corrected chi connectivity index (χ0v) is 14.1. The minimum atomic E-state index is -3.89. The molecule has 0 fully saturated rings. The van der Waals surface area contributed by atoms with E-state index >= 15 is 0 Å². The third-order valence-electron chi connectivity index (χ3n) is 2.91. The second-order valence-corrected chi connectivity index (χ2v) is 7.05. The maximum absolute atomic E-state index is 12.4. The van der Waals surface area contributed by atoms with E-state index in [0.29, 0.717) is 16.5 Å². The Labute approximate surface area is 132 Å². The highest BCUT2D eigenvalue weighted by Crippen LogP contribution is 2.26. The lowest BCUT2D eigenvalue weighted by molar-refractivity contribution is 0.0696. The van der Waals surface area contributed by atoms with Crippen molar-refractivity contribution in [1.82, 2.24) is 4.72 Å². The van der Waals surface area contributed by atoms with Crippen LogP contribution in [0.2, 0.25) is 0 Å². The first-order chi connectivity index (χ1) is 9.72. The Morgan fingerprint density at radius 1 is 1.52 bits per heavy atom. The molecule has 1 aromatic carbocycles. The number of aromatic carboxylic acids is 1. The Balaban J connectivity index is 3.31. The summed E-state index contributed by atoms with van der Waals surface area (Å²) in [6.07, 6.45) is 6.55. The molecule has 0 spiro atoms. The number of terminal acetylenes is 1. The van der Waals surface area contributed by atoms with Gasteiger partial charge in [-0.1, -0.05) is 35.2 Å². The molecule has 0 aliphatic heterocycles. The molecule has 0 saturated heterocycles. The van der Waals surface area contributed by atoms with Crippen molar-refractivity contribution in [2.24, 2.45) is 0 Å². The monoisotopic (exact) mass is 373 g/mol. The van der Waals surface area contributed by atoms with Crippen molar-refractivity contribution in [3.05, 3.63) is 27.7 Å². The highest BCUT2D eigenvalue weighted by molar-refractivity contribution is 9.10. The van der Waals surface area contributed by atoms with Crippen LogP contribution in [0.15, 0.2) is 21.5 Å². The maximum Gasteiger partial charge on any atom is 0.335 e. The minimum absolute atomic E-state index is 0.0920. The maximum atomic E-state index is 12.4. The smallest absolute Gasteiger partial charge is 0.335 e. The summed E-state index contributed by atoms with van der Waals surface area (Å²) in [5, 5.41) is 9.03. The van der Waals surface area contributed by atoms with Gasteiger partial charge in [0, 0.05) is 4.47 Å². The molecule has 5 nitrogen and oxygen atoms in total. The van der Waals surface area contributed by atoms with Crippen molar-refractivity contribution in [3.8, 4) is 12.3 Å². The lowest BCUT2D eigenvalue weighted by Gasteiger charge is -2.15. The van der Waals surface area contributed by atoms with Gasteiger partial charge in [0.05, 0.1) is 16.5 Å². The van der Waals surface area contributed by atoms with Crippen LogP contribution in [0.5, 0.6) is 0 Å². The molecule has 1 aromatic rings. The van der Waals surface area contributed by atoms with Gasteiger partial charge in [-0.05, 0) is 31.0 Å². The quantitative estimate of drug-likeness (QED) is 0.750. The summed E-state index contributed by atoms with van der Waals surface area (Å²) >= 11 is 3.18. The van der Waals surface area contributed by atoms with Crippen molar-refractivity contribution in [2.45, 2.75) is 37.6 Å². The molecule has 7 heteroatoms. The molecule has 114 valence electrons. The van der Waals surface area contributed by atoms with Crippen LogP contribution in [0.25, 0.3) is 0 Å². The van der Waals surface area contributed by atoms with Gasteiger partial charge in [0.15, 0.2) is 0 Å². The highest BCUT2D eigenvalue weighted by Gasteiger charge is 2.23. The zero-order chi connectivity index (χ0) is 16.2. The standard InChI is InChI=1S/C14H16BrNO4S/c1-4-6-11(5-2)16-21(19,20)13-8-10(14(17)18)7-12(15)9(13)3/h2,7-8,11,16H,4,6H2,1,3H3,(H,17,18). The number of rotatable bonds is 6. The first-order valence-corrected chi connectivity index (χ1v) is 8.52. The number of hydrogen-bond acceptors (Lipinski definition) is 3. The Bertz CT molecular complexity index is 692. The Hall–Kier alpha value is -1.36. The van der Waals surface area contributed by atoms with Crippen LogP contribution < -0.4 is 4.72 Å². The lowest BCUT2D eigenvalue weighted by atomic mass is 10.1. The molecule has 0 bridgehead atoms. The van der Waals surface area contributed by atoms with E-state index in [1.54, 1.807) is 6.92 Å². The van der Waals surface area contributed by atoms with Crippen molar-refractivity contribution in [3.63, 3.8) is 0 Å². The van der Waals surface area contributed by atoms with Crippen molar-refractivity contribution in [2.75, 3.05) is 0 Å². The predicted molar refractivity (Wildman–Crippen MR) is 83.7 cm³/mol. The summed E-state index contributed by atoms with van der Waals surface area (Å²) in [5.41, 5.74) is 0.320. The van der Waals surface area contributed by atoms with Crippen LogP contribution in [-0.2, 0) is 10.0 Å². The van der Waals surface area contributed by atoms with E-state index in [1.165, 1.54) is 6.07 Å². The third kappa shape index (κ3) is 4.30. The van der Waals surface area contributed by atoms with Crippen molar-refractivity contribution >= 4 is 31.9 Å². The van der Waals surface area contributed by atoms with E-state index in [0.717, 1.165) is 12.5 Å². The molecule has 0 aliphatic rings. The summed E-state index contributed by atoms with van der Waals surface area (Å²) in [6, 6.07) is 1.87. The minimum Gasteiger partial charge on any atom is -0.478 e. The number of nitrogens with one attached hydrogen (secondary N) is 1. The third-order valence-corrected chi connectivity index (χ3v) is 5.33. The number of halogens is 1. The molecule has 2 N–H and O–H groups in total. The summed E-state index contributed by atoms with van der Waals surface area (Å²) in [4.78, 5) is 11.0. The molecule has 0 saturated carbocycles. The molecule has 0 radical (unpaired) electrons. The van der Waals surface area contributed by atoms with Crippen molar-refractivity contribution < 1.29 is 18.3 Å². The van der Waals surface area contributed by atoms with E-state index in [4.69, 9.17) is 11.5 Å². The van der Waals surface area contributed by atoms with Gasteiger partial charge in [-0.2, -0.15) is 4.72 Å². The van der Waals surface area contributed by atoms with E-state index < -0.39 is 22.0 Å². The fraction of sp³-hybridized carbons (Fsp3) is 0.357. The van der Waals surface area contributed by atoms with Crippen LogP contribution in [0.1, 0.15) is 35.7 Å². The number of carboxylic acids is 1. The van der Waals surface area contributed by atoms with Gasteiger partial charge in [-0.25, -0.2) is 13.2 Å². The average molecular weight is 374 g/mol. The van der Waals surface area contributed by atoms with Crippen molar-refractivity contribution in [1.29, 1.82) is 0 Å².